The van der Waals surface area contributed by atoms with Crippen LogP contribution in [0.2, 0.25) is 0 Å². The molecule has 1 aromatic heterocycles. The van der Waals surface area contributed by atoms with Gasteiger partial charge in [-0.2, -0.15) is 0 Å². The molecule has 1 amide bonds. The van der Waals surface area contributed by atoms with Crippen LogP contribution in [0.5, 0.6) is 0 Å². The van der Waals surface area contributed by atoms with Crippen molar-refractivity contribution in [3.05, 3.63) is 30.1 Å². The van der Waals surface area contributed by atoms with E-state index in [1.807, 2.05) is 18.5 Å². The Balaban J connectivity index is 1.81. The van der Waals surface area contributed by atoms with Crippen LogP contribution in [0.3, 0.4) is 0 Å². The lowest BCUT2D eigenvalue weighted by Crippen LogP contribution is -2.44. The van der Waals surface area contributed by atoms with Crippen molar-refractivity contribution in [2.45, 2.75) is 70.5 Å². The van der Waals surface area contributed by atoms with E-state index in [1.54, 1.807) is 6.92 Å². The summed E-state index contributed by atoms with van der Waals surface area (Å²) in [5.41, 5.74) is 1.57. The SMILES string of the molecule is CCN(C(C)=O)C1CN(Cc2cccnc2)C2(CCCCC2)C1. The summed E-state index contributed by atoms with van der Waals surface area (Å²) in [6.07, 6.45) is 11.5. The zero-order valence-corrected chi connectivity index (χ0v) is 14.5. The normalized spacial score (nSPS) is 24.0. The van der Waals surface area contributed by atoms with Gasteiger partial charge in [0.15, 0.2) is 0 Å². The van der Waals surface area contributed by atoms with Gasteiger partial charge in [0, 0.05) is 50.5 Å². The lowest BCUT2D eigenvalue weighted by molar-refractivity contribution is -0.130. The first-order chi connectivity index (χ1) is 11.1. The van der Waals surface area contributed by atoms with Crippen LogP contribution in [-0.4, -0.2) is 45.4 Å². The lowest BCUT2D eigenvalue weighted by Gasteiger charge is -2.41. The third kappa shape index (κ3) is 3.42. The van der Waals surface area contributed by atoms with Gasteiger partial charge in [-0.15, -0.1) is 0 Å². The molecule has 4 heteroatoms. The fourth-order valence-electron chi connectivity index (χ4n) is 4.70. The molecule has 1 spiro atoms. The van der Waals surface area contributed by atoms with Crippen LogP contribution in [0.15, 0.2) is 24.5 Å². The van der Waals surface area contributed by atoms with Crippen LogP contribution in [0.1, 0.15) is 57.9 Å². The van der Waals surface area contributed by atoms with Crippen LogP contribution >= 0.6 is 0 Å². The van der Waals surface area contributed by atoms with Crippen molar-refractivity contribution in [2.24, 2.45) is 0 Å². The summed E-state index contributed by atoms with van der Waals surface area (Å²) in [6, 6.07) is 4.55. The van der Waals surface area contributed by atoms with E-state index in [4.69, 9.17) is 0 Å². The molecule has 0 aromatic carbocycles. The number of pyridine rings is 1. The van der Waals surface area contributed by atoms with Gasteiger partial charge < -0.3 is 4.90 Å². The zero-order valence-electron chi connectivity index (χ0n) is 14.5. The van der Waals surface area contributed by atoms with E-state index < -0.39 is 0 Å². The van der Waals surface area contributed by atoms with Gasteiger partial charge in [-0.3, -0.25) is 14.7 Å². The minimum absolute atomic E-state index is 0.215. The van der Waals surface area contributed by atoms with Crippen molar-refractivity contribution in [3.8, 4) is 0 Å². The Kier molecular flexibility index (Phi) is 5.00. The maximum absolute atomic E-state index is 12.0. The number of likely N-dealkylation sites (tertiary alicyclic amines) is 1. The Hall–Kier alpha value is -1.42. The van der Waals surface area contributed by atoms with Crippen LogP contribution in [0.4, 0.5) is 0 Å². The highest BCUT2D eigenvalue weighted by molar-refractivity contribution is 5.73. The molecule has 1 aliphatic carbocycles. The summed E-state index contributed by atoms with van der Waals surface area (Å²) in [6.45, 7) is 6.58. The van der Waals surface area contributed by atoms with Crippen LogP contribution in [-0.2, 0) is 11.3 Å². The van der Waals surface area contributed by atoms with Gasteiger partial charge in [0.25, 0.3) is 0 Å². The highest BCUT2D eigenvalue weighted by atomic mass is 16.2. The van der Waals surface area contributed by atoms with Gasteiger partial charge in [0.05, 0.1) is 0 Å². The molecule has 1 aromatic rings. The van der Waals surface area contributed by atoms with Gasteiger partial charge in [0.2, 0.25) is 5.91 Å². The maximum Gasteiger partial charge on any atom is 0.219 e. The first-order valence-electron chi connectivity index (χ1n) is 9.06. The smallest absolute Gasteiger partial charge is 0.219 e. The molecule has 2 aliphatic rings. The van der Waals surface area contributed by atoms with Gasteiger partial charge in [-0.1, -0.05) is 25.3 Å². The van der Waals surface area contributed by atoms with E-state index in [-0.39, 0.29) is 5.91 Å². The summed E-state index contributed by atoms with van der Waals surface area (Å²) < 4.78 is 0. The summed E-state index contributed by atoms with van der Waals surface area (Å²) in [7, 11) is 0. The average Bonchev–Trinajstić information content (AvgIpc) is 2.87. The van der Waals surface area contributed by atoms with E-state index in [2.05, 4.69) is 27.8 Å². The maximum atomic E-state index is 12.0. The quantitative estimate of drug-likeness (QED) is 0.856. The molecule has 3 rings (SSSR count). The molecule has 1 unspecified atom stereocenters. The molecular weight excluding hydrogens is 286 g/mol. The van der Waals surface area contributed by atoms with Crippen molar-refractivity contribution in [2.75, 3.05) is 13.1 Å². The molecular formula is C19H29N3O. The number of hydrogen-bond donors (Lipinski definition) is 0. The minimum atomic E-state index is 0.215. The minimum Gasteiger partial charge on any atom is -0.339 e. The fourth-order valence-corrected chi connectivity index (χ4v) is 4.70. The lowest BCUT2D eigenvalue weighted by atomic mass is 9.79. The van der Waals surface area contributed by atoms with Crippen LogP contribution in [0, 0.1) is 0 Å². The molecule has 0 N–H and O–H groups in total. The van der Waals surface area contributed by atoms with Crippen molar-refractivity contribution >= 4 is 5.91 Å². The number of amides is 1. The van der Waals surface area contributed by atoms with Gasteiger partial charge in [-0.25, -0.2) is 0 Å². The second kappa shape index (κ2) is 7.00. The van der Waals surface area contributed by atoms with Crippen molar-refractivity contribution in [1.82, 2.24) is 14.8 Å². The fraction of sp³-hybridized carbons (Fsp3) is 0.684. The molecule has 1 saturated carbocycles. The van der Waals surface area contributed by atoms with Crippen molar-refractivity contribution < 1.29 is 4.79 Å². The van der Waals surface area contributed by atoms with E-state index in [0.717, 1.165) is 26.1 Å². The summed E-state index contributed by atoms with van der Waals surface area (Å²) in [5.74, 6) is 0.215. The summed E-state index contributed by atoms with van der Waals surface area (Å²) in [5, 5.41) is 0. The number of likely N-dealkylation sites (N-methyl/N-ethyl adjacent to an activating group) is 1. The second-order valence-electron chi connectivity index (χ2n) is 7.19. The molecule has 1 saturated heterocycles. The van der Waals surface area contributed by atoms with Crippen LogP contribution in [0.25, 0.3) is 0 Å². The third-order valence-electron chi connectivity index (χ3n) is 5.78. The predicted octanol–water partition coefficient (Wildman–Crippen LogP) is 3.23. The van der Waals surface area contributed by atoms with E-state index in [1.165, 1.54) is 37.7 Å². The van der Waals surface area contributed by atoms with Gasteiger partial charge in [0.1, 0.15) is 0 Å². The highest BCUT2D eigenvalue weighted by Gasteiger charge is 2.47. The Labute approximate surface area is 139 Å². The predicted molar refractivity (Wildman–Crippen MR) is 91.9 cm³/mol. The topological polar surface area (TPSA) is 36.4 Å². The van der Waals surface area contributed by atoms with Crippen molar-refractivity contribution in [1.29, 1.82) is 0 Å². The number of nitrogens with zero attached hydrogens (tertiary/aromatic N) is 3. The molecule has 0 bridgehead atoms. The number of hydrogen-bond acceptors (Lipinski definition) is 3. The van der Waals surface area contributed by atoms with Gasteiger partial charge >= 0.3 is 0 Å². The molecule has 1 aliphatic heterocycles. The number of aromatic nitrogens is 1. The zero-order chi connectivity index (χ0) is 16.3. The Morgan fingerprint density at radius 2 is 2.17 bits per heavy atom. The third-order valence-corrected chi connectivity index (χ3v) is 5.78. The number of carbonyl (C=O) groups is 1. The van der Waals surface area contributed by atoms with E-state index in [0.29, 0.717) is 11.6 Å². The molecule has 0 radical (unpaired) electrons. The first-order valence-corrected chi connectivity index (χ1v) is 9.06. The Bertz CT molecular complexity index is 525. The standard InChI is InChI=1S/C19H29N3O/c1-3-22(16(2)23)18-12-19(9-5-4-6-10-19)21(15-18)14-17-8-7-11-20-13-17/h7-8,11,13,18H,3-6,9-10,12,14-15H2,1-2H3. The number of rotatable bonds is 4. The average molecular weight is 315 g/mol. The van der Waals surface area contributed by atoms with E-state index >= 15 is 0 Å². The largest absolute Gasteiger partial charge is 0.339 e. The summed E-state index contributed by atoms with van der Waals surface area (Å²) >= 11 is 0. The Morgan fingerprint density at radius 1 is 1.39 bits per heavy atom. The molecule has 4 nitrogen and oxygen atoms in total. The van der Waals surface area contributed by atoms with E-state index in [9.17, 15) is 4.79 Å². The molecule has 2 heterocycles. The summed E-state index contributed by atoms with van der Waals surface area (Å²) in [4.78, 5) is 21.0. The monoisotopic (exact) mass is 315 g/mol. The molecule has 23 heavy (non-hydrogen) atoms. The molecule has 126 valence electrons. The Morgan fingerprint density at radius 3 is 2.78 bits per heavy atom. The van der Waals surface area contributed by atoms with Gasteiger partial charge in [-0.05, 0) is 37.8 Å². The number of carbonyl (C=O) groups excluding carboxylic acids is 1. The molecule has 2 fully saturated rings. The van der Waals surface area contributed by atoms with Crippen LogP contribution < -0.4 is 0 Å². The second-order valence-corrected chi connectivity index (χ2v) is 7.19. The van der Waals surface area contributed by atoms with Crippen molar-refractivity contribution in [3.63, 3.8) is 0 Å². The highest BCUT2D eigenvalue weighted by Crippen LogP contribution is 2.43. The molecule has 1 atom stereocenters. The first kappa shape index (κ1) is 16.4.